The highest BCUT2D eigenvalue weighted by atomic mass is 35.5. The second-order valence-electron chi connectivity index (χ2n) is 5.65. The Balaban J connectivity index is 2.03. The zero-order valence-corrected chi connectivity index (χ0v) is 13.5. The van der Waals surface area contributed by atoms with Crippen molar-refractivity contribution >= 4 is 17.3 Å². The largest absolute Gasteiger partial charge is 0.493 e. The highest BCUT2D eigenvalue weighted by Gasteiger charge is 2.06. The summed E-state index contributed by atoms with van der Waals surface area (Å²) in [5.74, 6) is 1.42. The molecule has 2 aromatic carbocycles. The summed E-state index contributed by atoms with van der Waals surface area (Å²) in [6, 6.07) is 16.2. The summed E-state index contributed by atoms with van der Waals surface area (Å²) in [4.78, 5) is 0. The van der Waals surface area contributed by atoms with Gasteiger partial charge in [-0.3, -0.25) is 0 Å². The predicted octanol–water partition coefficient (Wildman–Crippen LogP) is 5.55. The molecule has 2 rings (SSSR count). The van der Waals surface area contributed by atoms with E-state index in [4.69, 9.17) is 16.3 Å². The molecule has 0 radical (unpaired) electrons. The average molecular weight is 304 g/mol. The average Bonchev–Trinajstić information content (AvgIpc) is 2.45. The standard InChI is InChI=1S/C18H22ClNO/c1-13(2)12-21-18-9-5-8-17(11-18)20-14(3)15-6-4-7-16(19)10-15/h4-11,13-14,20H,12H2,1-3H3. The third kappa shape index (κ3) is 4.98. The summed E-state index contributed by atoms with van der Waals surface area (Å²) in [5.41, 5.74) is 2.21. The first-order valence-corrected chi connectivity index (χ1v) is 7.67. The smallest absolute Gasteiger partial charge is 0.121 e. The highest BCUT2D eigenvalue weighted by Crippen LogP contribution is 2.24. The van der Waals surface area contributed by atoms with E-state index in [0.29, 0.717) is 5.92 Å². The number of hydrogen-bond acceptors (Lipinski definition) is 2. The Morgan fingerprint density at radius 3 is 2.52 bits per heavy atom. The van der Waals surface area contributed by atoms with Crippen molar-refractivity contribution in [1.29, 1.82) is 0 Å². The van der Waals surface area contributed by atoms with Crippen LogP contribution in [0, 0.1) is 5.92 Å². The lowest BCUT2D eigenvalue weighted by atomic mass is 10.1. The normalized spacial score (nSPS) is 12.2. The van der Waals surface area contributed by atoms with Gasteiger partial charge in [-0.05, 0) is 42.7 Å². The molecular formula is C18H22ClNO. The molecule has 3 heteroatoms. The van der Waals surface area contributed by atoms with Crippen molar-refractivity contribution < 1.29 is 4.74 Å². The topological polar surface area (TPSA) is 21.3 Å². The van der Waals surface area contributed by atoms with Gasteiger partial charge in [-0.15, -0.1) is 0 Å². The maximum absolute atomic E-state index is 6.04. The van der Waals surface area contributed by atoms with Gasteiger partial charge >= 0.3 is 0 Å². The maximum Gasteiger partial charge on any atom is 0.121 e. The monoisotopic (exact) mass is 303 g/mol. The lowest BCUT2D eigenvalue weighted by Crippen LogP contribution is -2.07. The number of halogens is 1. The van der Waals surface area contributed by atoms with Crippen molar-refractivity contribution in [2.45, 2.75) is 26.8 Å². The van der Waals surface area contributed by atoms with Gasteiger partial charge in [0.15, 0.2) is 0 Å². The quantitative estimate of drug-likeness (QED) is 0.755. The van der Waals surface area contributed by atoms with Gasteiger partial charge in [-0.2, -0.15) is 0 Å². The molecule has 0 heterocycles. The minimum absolute atomic E-state index is 0.184. The Labute approximate surface area is 132 Å². The van der Waals surface area contributed by atoms with Gasteiger partial charge in [0.25, 0.3) is 0 Å². The fraction of sp³-hybridized carbons (Fsp3) is 0.333. The SMILES string of the molecule is CC(C)COc1cccc(NC(C)c2cccc(Cl)c2)c1. The van der Waals surface area contributed by atoms with Crippen LogP contribution in [0.25, 0.3) is 0 Å². The summed E-state index contributed by atoms with van der Waals surface area (Å²) in [5, 5.41) is 4.23. The summed E-state index contributed by atoms with van der Waals surface area (Å²) in [6.45, 7) is 7.13. The lowest BCUT2D eigenvalue weighted by molar-refractivity contribution is 0.271. The number of ether oxygens (including phenoxy) is 1. The van der Waals surface area contributed by atoms with E-state index in [0.717, 1.165) is 28.6 Å². The van der Waals surface area contributed by atoms with Crippen LogP contribution in [0.4, 0.5) is 5.69 Å². The molecule has 1 atom stereocenters. The molecule has 112 valence electrons. The van der Waals surface area contributed by atoms with Crippen molar-refractivity contribution in [3.63, 3.8) is 0 Å². The van der Waals surface area contributed by atoms with Gasteiger partial charge in [-0.25, -0.2) is 0 Å². The molecule has 0 fully saturated rings. The molecule has 0 saturated heterocycles. The molecule has 0 amide bonds. The molecule has 2 aromatic rings. The van der Waals surface area contributed by atoms with Crippen molar-refractivity contribution in [3.05, 3.63) is 59.1 Å². The van der Waals surface area contributed by atoms with Crippen LogP contribution in [0.3, 0.4) is 0 Å². The Bertz CT molecular complexity index is 583. The van der Waals surface area contributed by atoms with E-state index in [1.54, 1.807) is 0 Å². The molecule has 0 aliphatic rings. The molecule has 1 N–H and O–H groups in total. The van der Waals surface area contributed by atoms with Crippen molar-refractivity contribution in [3.8, 4) is 5.75 Å². The van der Waals surface area contributed by atoms with Gasteiger partial charge in [0, 0.05) is 22.8 Å². The molecule has 1 unspecified atom stereocenters. The van der Waals surface area contributed by atoms with Gasteiger partial charge in [-0.1, -0.05) is 43.6 Å². The molecule has 0 aliphatic carbocycles. The Kier molecular flexibility index (Phi) is 5.51. The van der Waals surface area contributed by atoms with Crippen LogP contribution in [0.1, 0.15) is 32.4 Å². The van der Waals surface area contributed by atoms with Crippen molar-refractivity contribution in [2.75, 3.05) is 11.9 Å². The molecule has 0 aromatic heterocycles. The highest BCUT2D eigenvalue weighted by molar-refractivity contribution is 6.30. The molecule has 0 saturated carbocycles. The minimum atomic E-state index is 0.184. The van der Waals surface area contributed by atoms with Crippen LogP contribution in [0.2, 0.25) is 5.02 Å². The fourth-order valence-corrected chi connectivity index (χ4v) is 2.25. The summed E-state index contributed by atoms with van der Waals surface area (Å²) < 4.78 is 5.75. The molecule has 0 bridgehead atoms. The van der Waals surface area contributed by atoms with Crippen LogP contribution in [-0.2, 0) is 0 Å². The summed E-state index contributed by atoms with van der Waals surface area (Å²) in [7, 11) is 0. The van der Waals surface area contributed by atoms with E-state index in [-0.39, 0.29) is 6.04 Å². The van der Waals surface area contributed by atoms with Crippen LogP contribution in [0.5, 0.6) is 5.75 Å². The number of rotatable bonds is 6. The van der Waals surface area contributed by atoms with Crippen molar-refractivity contribution in [2.24, 2.45) is 5.92 Å². The van der Waals surface area contributed by atoms with Gasteiger partial charge in [0.1, 0.15) is 5.75 Å². The third-order valence-electron chi connectivity index (χ3n) is 3.15. The van der Waals surface area contributed by atoms with Gasteiger partial charge < -0.3 is 10.1 Å². The van der Waals surface area contributed by atoms with E-state index >= 15 is 0 Å². The summed E-state index contributed by atoms with van der Waals surface area (Å²) >= 11 is 6.04. The first-order chi connectivity index (χ1) is 10.0. The lowest BCUT2D eigenvalue weighted by Gasteiger charge is -2.17. The van der Waals surface area contributed by atoms with E-state index in [2.05, 4.69) is 32.2 Å². The van der Waals surface area contributed by atoms with E-state index < -0.39 is 0 Å². The first-order valence-electron chi connectivity index (χ1n) is 7.29. The minimum Gasteiger partial charge on any atom is -0.493 e. The zero-order chi connectivity index (χ0) is 15.2. The van der Waals surface area contributed by atoms with E-state index in [1.807, 2.05) is 42.5 Å². The predicted molar refractivity (Wildman–Crippen MR) is 90.3 cm³/mol. The van der Waals surface area contributed by atoms with E-state index in [1.165, 1.54) is 0 Å². The second-order valence-corrected chi connectivity index (χ2v) is 6.09. The van der Waals surface area contributed by atoms with E-state index in [9.17, 15) is 0 Å². The summed E-state index contributed by atoms with van der Waals surface area (Å²) in [6.07, 6.45) is 0. The Hall–Kier alpha value is -1.67. The van der Waals surface area contributed by atoms with Crippen LogP contribution in [-0.4, -0.2) is 6.61 Å². The van der Waals surface area contributed by atoms with Crippen LogP contribution >= 0.6 is 11.6 Å². The third-order valence-corrected chi connectivity index (χ3v) is 3.38. The number of hydrogen-bond donors (Lipinski definition) is 1. The van der Waals surface area contributed by atoms with Gasteiger partial charge in [0.2, 0.25) is 0 Å². The number of benzene rings is 2. The molecule has 0 aliphatic heterocycles. The van der Waals surface area contributed by atoms with Crippen molar-refractivity contribution in [1.82, 2.24) is 0 Å². The Morgan fingerprint density at radius 2 is 1.81 bits per heavy atom. The molecule has 0 spiro atoms. The Morgan fingerprint density at radius 1 is 1.05 bits per heavy atom. The molecular weight excluding hydrogens is 282 g/mol. The van der Waals surface area contributed by atoms with Gasteiger partial charge in [0.05, 0.1) is 6.61 Å². The zero-order valence-electron chi connectivity index (χ0n) is 12.8. The second kappa shape index (κ2) is 7.37. The maximum atomic E-state index is 6.04. The first kappa shape index (κ1) is 15.7. The molecule has 21 heavy (non-hydrogen) atoms. The number of nitrogens with one attached hydrogen (secondary N) is 1. The fourth-order valence-electron chi connectivity index (χ4n) is 2.05. The van der Waals surface area contributed by atoms with Crippen LogP contribution in [0.15, 0.2) is 48.5 Å². The number of anilines is 1. The molecule has 2 nitrogen and oxygen atoms in total. The van der Waals surface area contributed by atoms with Crippen LogP contribution < -0.4 is 10.1 Å².